The lowest BCUT2D eigenvalue weighted by Gasteiger charge is -2.13. The summed E-state index contributed by atoms with van der Waals surface area (Å²) in [7, 11) is 0. The number of carbonyl (C=O) groups is 4. The molecule has 154 valence electrons. The number of halogens is 1. The van der Waals surface area contributed by atoms with Gasteiger partial charge in [0.25, 0.3) is 11.8 Å². The molecule has 4 rings (SSSR count). The predicted octanol–water partition coefficient (Wildman–Crippen LogP) is 4.57. The molecule has 0 fully saturated rings. The summed E-state index contributed by atoms with van der Waals surface area (Å²) in [6, 6.07) is 18.9. The summed E-state index contributed by atoms with van der Waals surface area (Å²) in [5.74, 6) is -2.14. The van der Waals surface area contributed by atoms with Crippen molar-refractivity contribution in [3.8, 4) is 0 Å². The number of Topliss-reactive ketones (excluding diaryl/α,β-unsaturated/α-hetero) is 1. The first-order chi connectivity index (χ1) is 14.9. The van der Waals surface area contributed by atoms with Crippen LogP contribution < -0.4 is 4.90 Å². The Bertz CT molecular complexity index is 1200. The first-order valence-corrected chi connectivity index (χ1v) is 9.83. The Morgan fingerprint density at radius 2 is 1.48 bits per heavy atom. The van der Waals surface area contributed by atoms with Crippen molar-refractivity contribution >= 4 is 40.9 Å². The molecule has 1 aliphatic heterocycles. The lowest BCUT2D eigenvalue weighted by Crippen LogP contribution is -2.29. The number of amides is 2. The van der Waals surface area contributed by atoms with Crippen LogP contribution in [0.4, 0.5) is 5.69 Å². The molecule has 1 atom stereocenters. The lowest BCUT2D eigenvalue weighted by atomic mass is 10.1. The summed E-state index contributed by atoms with van der Waals surface area (Å²) in [6.45, 7) is 1.48. The second-order valence-electron chi connectivity index (χ2n) is 6.96. The summed E-state index contributed by atoms with van der Waals surface area (Å²) in [6.07, 6.45) is -1.01. The molecule has 7 heteroatoms. The average molecular weight is 434 g/mol. The standard InChI is InChI=1S/C24H16ClNO5/c1-14(21(27)15-5-3-2-4-6-15)31-24(30)16-7-12-19-20(13-16)23(29)26(22(19)28)18-10-8-17(25)9-11-18/h2-14H,1H3. The molecule has 1 aliphatic rings. The number of ketones is 1. The van der Waals surface area contributed by atoms with Crippen molar-refractivity contribution in [2.24, 2.45) is 0 Å². The summed E-state index contributed by atoms with van der Waals surface area (Å²) in [5.41, 5.74) is 1.16. The van der Waals surface area contributed by atoms with Crippen LogP contribution in [0.25, 0.3) is 0 Å². The van der Waals surface area contributed by atoms with Gasteiger partial charge in [-0.2, -0.15) is 0 Å². The molecule has 0 saturated heterocycles. The Hall–Kier alpha value is -3.77. The van der Waals surface area contributed by atoms with Crippen molar-refractivity contribution in [2.45, 2.75) is 13.0 Å². The number of hydrogen-bond donors (Lipinski definition) is 0. The molecular weight excluding hydrogens is 418 g/mol. The predicted molar refractivity (Wildman–Crippen MR) is 115 cm³/mol. The van der Waals surface area contributed by atoms with Crippen LogP contribution in [0.15, 0.2) is 72.8 Å². The molecule has 1 unspecified atom stereocenters. The zero-order valence-electron chi connectivity index (χ0n) is 16.4. The van der Waals surface area contributed by atoms with E-state index < -0.39 is 23.9 Å². The fourth-order valence-electron chi connectivity index (χ4n) is 3.31. The lowest BCUT2D eigenvalue weighted by molar-refractivity contribution is 0.0318. The highest BCUT2D eigenvalue weighted by atomic mass is 35.5. The van der Waals surface area contributed by atoms with Crippen molar-refractivity contribution in [3.05, 3.63) is 100 Å². The molecule has 0 spiro atoms. The number of esters is 1. The minimum Gasteiger partial charge on any atom is -0.451 e. The number of anilines is 1. The van der Waals surface area contributed by atoms with Crippen molar-refractivity contribution in [1.29, 1.82) is 0 Å². The van der Waals surface area contributed by atoms with Crippen molar-refractivity contribution in [3.63, 3.8) is 0 Å². The highest BCUT2D eigenvalue weighted by Gasteiger charge is 2.37. The van der Waals surface area contributed by atoms with Crippen molar-refractivity contribution in [1.82, 2.24) is 0 Å². The second kappa shape index (κ2) is 8.16. The van der Waals surface area contributed by atoms with Gasteiger partial charge in [-0.1, -0.05) is 41.9 Å². The molecule has 6 nitrogen and oxygen atoms in total. The topological polar surface area (TPSA) is 80.8 Å². The van der Waals surface area contributed by atoms with E-state index in [-0.39, 0.29) is 22.5 Å². The van der Waals surface area contributed by atoms with Gasteiger partial charge in [-0.15, -0.1) is 0 Å². The molecule has 0 N–H and O–H groups in total. The smallest absolute Gasteiger partial charge is 0.338 e. The molecule has 0 saturated carbocycles. The van der Waals surface area contributed by atoms with Crippen LogP contribution in [0, 0.1) is 0 Å². The Labute approximate surface area is 183 Å². The highest BCUT2D eigenvalue weighted by Crippen LogP contribution is 2.30. The highest BCUT2D eigenvalue weighted by molar-refractivity contribution is 6.35. The van der Waals surface area contributed by atoms with Gasteiger partial charge in [0.05, 0.1) is 22.4 Å². The third-order valence-corrected chi connectivity index (χ3v) is 5.17. The molecule has 0 bridgehead atoms. The Morgan fingerprint density at radius 3 is 2.16 bits per heavy atom. The van der Waals surface area contributed by atoms with Crippen LogP contribution in [0.1, 0.15) is 48.4 Å². The van der Waals surface area contributed by atoms with E-state index in [1.807, 2.05) is 0 Å². The number of ether oxygens (including phenoxy) is 1. The van der Waals surface area contributed by atoms with E-state index in [4.69, 9.17) is 16.3 Å². The maximum Gasteiger partial charge on any atom is 0.338 e. The minimum atomic E-state index is -1.01. The molecular formula is C24H16ClNO5. The van der Waals surface area contributed by atoms with Crippen LogP contribution in [-0.4, -0.2) is 29.7 Å². The normalized spacial score (nSPS) is 13.7. The Kier molecular flexibility index (Phi) is 5.40. The number of hydrogen-bond acceptors (Lipinski definition) is 5. The molecule has 0 aliphatic carbocycles. The van der Waals surface area contributed by atoms with E-state index in [0.717, 1.165) is 4.90 Å². The quantitative estimate of drug-likeness (QED) is 0.334. The number of benzene rings is 3. The second-order valence-corrected chi connectivity index (χ2v) is 7.40. The van der Waals surface area contributed by atoms with E-state index in [0.29, 0.717) is 16.3 Å². The van der Waals surface area contributed by atoms with Crippen molar-refractivity contribution < 1.29 is 23.9 Å². The summed E-state index contributed by atoms with van der Waals surface area (Å²) in [4.78, 5) is 51.6. The number of imide groups is 1. The maximum absolute atomic E-state index is 12.8. The van der Waals surface area contributed by atoms with Crippen LogP contribution in [-0.2, 0) is 4.74 Å². The molecule has 1 heterocycles. The van der Waals surface area contributed by atoms with Crippen LogP contribution in [0.3, 0.4) is 0 Å². The van der Waals surface area contributed by atoms with Gasteiger partial charge in [0, 0.05) is 10.6 Å². The van der Waals surface area contributed by atoms with Gasteiger partial charge in [-0.05, 0) is 49.4 Å². The number of fused-ring (bicyclic) bond motifs is 1. The third-order valence-electron chi connectivity index (χ3n) is 4.92. The van der Waals surface area contributed by atoms with Gasteiger partial charge in [0.1, 0.15) is 0 Å². The van der Waals surface area contributed by atoms with E-state index in [2.05, 4.69) is 0 Å². The Morgan fingerprint density at radius 1 is 0.839 bits per heavy atom. The molecule has 0 radical (unpaired) electrons. The number of carbonyl (C=O) groups excluding carboxylic acids is 4. The van der Waals surface area contributed by atoms with E-state index in [1.165, 1.54) is 25.1 Å². The molecule has 3 aromatic carbocycles. The van der Waals surface area contributed by atoms with E-state index in [1.54, 1.807) is 54.6 Å². The summed E-state index contributed by atoms with van der Waals surface area (Å²) >= 11 is 5.87. The summed E-state index contributed by atoms with van der Waals surface area (Å²) < 4.78 is 5.29. The molecule has 0 aromatic heterocycles. The SMILES string of the molecule is CC(OC(=O)c1ccc2c(c1)C(=O)N(c1ccc(Cl)cc1)C2=O)C(=O)c1ccccc1. The van der Waals surface area contributed by atoms with Crippen LogP contribution >= 0.6 is 11.6 Å². The fourth-order valence-corrected chi connectivity index (χ4v) is 3.44. The fraction of sp³-hybridized carbons (Fsp3) is 0.0833. The zero-order chi connectivity index (χ0) is 22.1. The van der Waals surface area contributed by atoms with Gasteiger partial charge in [-0.25, -0.2) is 9.69 Å². The van der Waals surface area contributed by atoms with E-state index >= 15 is 0 Å². The van der Waals surface area contributed by atoms with Crippen LogP contribution in [0.2, 0.25) is 5.02 Å². The monoisotopic (exact) mass is 433 g/mol. The molecule has 31 heavy (non-hydrogen) atoms. The Balaban J connectivity index is 1.55. The first kappa shape index (κ1) is 20.5. The van der Waals surface area contributed by atoms with E-state index in [9.17, 15) is 19.2 Å². The van der Waals surface area contributed by atoms with Gasteiger partial charge < -0.3 is 4.74 Å². The minimum absolute atomic E-state index is 0.0746. The average Bonchev–Trinajstić information content (AvgIpc) is 3.04. The summed E-state index contributed by atoms with van der Waals surface area (Å²) in [5, 5.41) is 0.476. The van der Waals surface area contributed by atoms with Crippen LogP contribution in [0.5, 0.6) is 0 Å². The first-order valence-electron chi connectivity index (χ1n) is 9.45. The molecule has 3 aromatic rings. The largest absolute Gasteiger partial charge is 0.451 e. The van der Waals surface area contributed by atoms with Crippen molar-refractivity contribution in [2.75, 3.05) is 4.90 Å². The number of nitrogens with zero attached hydrogens (tertiary/aromatic N) is 1. The third kappa shape index (κ3) is 3.85. The van der Waals surface area contributed by atoms with Gasteiger partial charge in [-0.3, -0.25) is 14.4 Å². The van der Waals surface area contributed by atoms with Gasteiger partial charge >= 0.3 is 5.97 Å². The zero-order valence-corrected chi connectivity index (χ0v) is 17.1. The number of rotatable bonds is 5. The maximum atomic E-state index is 12.8. The van der Waals surface area contributed by atoms with Gasteiger partial charge in [0.2, 0.25) is 5.78 Å². The van der Waals surface area contributed by atoms with Gasteiger partial charge in [0.15, 0.2) is 6.10 Å². The molecule has 2 amide bonds.